The van der Waals surface area contributed by atoms with Crippen LogP contribution in [-0.4, -0.2) is 22.9 Å². The van der Waals surface area contributed by atoms with E-state index >= 15 is 0 Å². The second-order valence-corrected chi connectivity index (χ2v) is 8.11. The molecule has 0 aliphatic carbocycles. The largest absolute Gasteiger partial charge is 0.445 e. The number of H-pyrrole nitrogens is 1. The minimum absolute atomic E-state index is 0.138. The number of Topliss-reactive ketones (excluding diaryl/α,β-unsaturated/α-hetero) is 1. The van der Waals surface area contributed by atoms with Crippen LogP contribution in [0.1, 0.15) is 21.5 Å². The Balaban J connectivity index is 1.53. The highest BCUT2D eigenvalue weighted by atomic mass is 79.9. The Morgan fingerprint density at radius 1 is 0.935 bits per heavy atom. The SMILES string of the molecule is O=C(N[C@@H](Cc1c[nH]c2ccccc12)C(=O)c1ccc(Br)cc1)OCc1ccccc1. The maximum atomic E-state index is 13.2. The molecule has 3 aromatic carbocycles. The number of alkyl carbamates (subject to hydrolysis) is 1. The molecule has 156 valence electrons. The van der Waals surface area contributed by atoms with Crippen LogP contribution in [-0.2, 0) is 17.8 Å². The first-order chi connectivity index (χ1) is 15.1. The first kappa shape index (κ1) is 20.9. The van der Waals surface area contributed by atoms with E-state index in [0.717, 1.165) is 26.5 Å². The summed E-state index contributed by atoms with van der Waals surface area (Å²) >= 11 is 3.39. The summed E-state index contributed by atoms with van der Waals surface area (Å²) in [6.07, 6.45) is 1.60. The Hall–Kier alpha value is -3.38. The van der Waals surface area contributed by atoms with Crippen molar-refractivity contribution in [2.45, 2.75) is 19.1 Å². The lowest BCUT2D eigenvalue weighted by Gasteiger charge is -2.18. The van der Waals surface area contributed by atoms with Crippen LogP contribution in [0.3, 0.4) is 0 Å². The van der Waals surface area contributed by atoms with Crippen molar-refractivity contribution < 1.29 is 14.3 Å². The van der Waals surface area contributed by atoms with E-state index in [-0.39, 0.29) is 12.4 Å². The molecule has 4 aromatic rings. The van der Waals surface area contributed by atoms with Crippen molar-refractivity contribution in [3.05, 3.63) is 106 Å². The number of rotatable bonds is 7. The first-order valence-corrected chi connectivity index (χ1v) is 10.7. The number of amides is 1. The van der Waals surface area contributed by atoms with Crippen molar-refractivity contribution in [1.29, 1.82) is 0 Å². The highest BCUT2D eigenvalue weighted by Crippen LogP contribution is 2.21. The molecule has 6 heteroatoms. The van der Waals surface area contributed by atoms with Gasteiger partial charge in [0.15, 0.2) is 5.78 Å². The molecule has 1 aromatic heterocycles. The molecule has 0 radical (unpaired) electrons. The zero-order valence-electron chi connectivity index (χ0n) is 16.7. The zero-order chi connectivity index (χ0) is 21.6. The van der Waals surface area contributed by atoms with Crippen molar-refractivity contribution >= 4 is 38.7 Å². The van der Waals surface area contributed by atoms with E-state index in [0.29, 0.717) is 12.0 Å². The van der Waals surface area contributed by atoms with Crippen LogP contribution in [0.2, 0.25) is 0 Å². The molecule has 0 saturated carbocycles. The number of aromatic amines is 1. The molecule has 5 nitrogen and oxygen atoms in total. The highest BCUT2D eigenvalue weighted by molar-refractivity contribution is 9.10. The number of carbonyl (C=O) groups is 2. The van der Waals surface area contributed by atoms with Crippen LogP contribution >= 0.6 is 15.9 Å². The molecule has 4 rings (SSSR count). The molecule has 1 heterocycles. The molecule has 0 aliphatic heterocycles. The summed E-state index contributed by atoms with van der Waals surface area (Å²) in [4.78, 5) is 29.0. The minimum Gasteiger partial charge on any atom is -0.445 e. The van der Waals surface area contributed by atoms with Crippen LogP contribution < -0.4 is 5.32 Å². The molecular weight excluding hydrogens is 456 g/mol. The van der Waals surface area contributed by atoms with E-state index in [9.17, 15) is 9.59 Å². The van der Waals surface area contributed by atoms with Crippen LogP contribution in [0.15, 0.2) is 89.5 Å². The van der Waals surface area contributed by atoms with Gasteiger partial charge >= 0.3 is 6.09 Å². The van der Waals surface area contributed by atoms with Crippen molar-refractivity contribution in [2.24, 2.45) is 0 Å². The lowest BCUT2D eigenvalue weighted by atomic mass is 9.97. The van der Waals surface area contributed by atoms with Gasteiger partial charge in [-0.1, -0.05) is 76.6 Å². The number of fused-ring (bicyclic) bond motifs is 1. The van der Waals surface area contributed by atoms with Gasteiger partial charge in [0, 0.05) is 33.6 Å². The summed E-state index contributed by atoms with van der Waals surface area (Å²) in [5, 5.41) is 3.79. The number of ether oxygens (including phenoxy) is 1. The van der Waals surface area contributed by atoms with Crippen LogP contribution in [0.5, 0.6) is 0 Å². The second kappa shape index (κ2) is 9.62. The van der Waals surface area contributed by atoms with E-state index in [2.05, 4.69) is 26.2 Å². The molecule has 0 fully saturated rings. The molecule has 1 atom stereocenters. The van der Waals surface area contributed by atoms with Gasteiger partial charge in [-0.25, -0.2) is 4.79 Å². The van der Waals surface area contributed by atoms with Gasteiger partial charge < -0.3 is 15.0 Å². The Morgan fingerprint density at radius 2 is 1.65 bits per heavy atom. The van der Waals surface area contributed by atoms with Gasteiger partial charge in [0.1, 0.15) is 6.61 Å². The number of para-hydroxylation sites is 1. The molecule has 0 spiro atoms. The predicted octanol–water partition coefficient (Wildman–Crippen LogP) is 5.65. The van der Waals surface area contributed by atoms with Gasteiger partial charge in [0.25, 0.3) is 0 Å². The Kier molecular flexibility index (Phi) is 6.48. The lowest BCUT2D eigenvalue weighted by Crippen LogP contribution is -2.42. The highest BCUT2D eigenvalue weighted by Gasteiger charge is 2.24. The van der Waals surface area contributed by atoms with E-state index < -0.39 is 12.1 Å². The van der Waals surface area contributed by atoms with E-state index in [1.54, 1.807) is 12.1 Å². The number of aromatic nitrogens is 1. The third kappa shape index (κ3) is 5.22. The fourth-order valence-corrected chi connectivity index (χ4v) is 3.72. The number of carbonyl (C=O) groups excluding carboxylic acids is 2. The molecular formula is C25H21BrN2O3. The molecule has 31 heavy (non-hydrogen) atoms. The van der Waals surface area contributed by atoms with Crippen LogP contribution in [0, 0.1) is 0 Å². The third-order valence-electron chi connectivity index (χ3n) is 5.05. The lowest BCUT2D eigenvalue weighted by molar-refractivity contribution is 0.0916. The summed E-state index contributed by atoms with van der Waals surface area (Å²) in [7, 11) is 0. The standard InChI is InChI=1S/C25H21BrN2O3/c26-20-12-10-18(11-13-20)24(29)23(14-19-15-27-22-9-5-4-8-21(19)22)28-25(30)31-16-17-6-2-1-3-7-17/h1-13,15,23,27H,14,16H2,(H,28,30)/t23-/m0/s1. The van der Waals surface area contributed by atoms with Crippen LogP contribution in [0.4, 0.5) is 4.79 Å². The van der Waals surface area contributed by atoms with Gasteiger partial charge in [-0.05, 0) is 29.3 Å². The Bertz CT molecular complexity index is 1190. The summed E-state index contributed by atoms with van der Waals surface area (Å²) < 4.78 is 6.23. The normalized spacial score (nSPS) is 11.8. The van der Waals surface area contributed by atoms with Crippen molar-refractivity contribution in [1.82, 2.24) is 10.3 Å². The van der Waals surface area contributed by atoms with Gasteiger partial charge in [0.05, 0.1) is 6.04 Å². The summed E-state index contributed by atoms with van der Waals surface area (Å²) in [5.41, 5.74) is 3.34. The summed E-state index contributed by atoms with van der Waals surface area (Å²) in [6.45, 7) is 0.138. The summed E-state index contributed by atoms with van der Waals surface area (Å²) in [6, 6.07) is 23.6. The Labute approximate surface area is 188 Å². The van der Waals surface area contributed by atoms with Crippen molar-refractivity contribution in [3.8, 4) is 0 Å². The number of hydrogen-bond acceptors (Lipinski definition) is 3. The van der Waals surface area contributed by atoms with Gasteiger partial charge in [-0.2, -0.15) is 0 Å². The average Bonchev–Trinajstić information content (AvgIpc) is 3.21. The van der Waals surface area contributed by atoms with E-state index in [1.807, 2.05) is 72.9 Å². The maximum Gasteiger partial charge on any atom is 0.408 e. The molecule has 0 aliphatic rings. The average molecular weight is 477 g/mol. The number of nitrogens with one attached hydrogen (secondary N) is 2. The van der Waals surface area contributed by atoms with Crippen LogP contribution in [0.25, 0.3) is 10.9 Å². The second-order valence-electron chi connectivity index (χ2n) is 7.19. The number of hydrogen-bond donors (Lipinski definition) is 2. The minimum atomic E-state index is -0.761. The zero-order valence-corrected chi connectivity index (χ0v) is 18.3. The van der Waals surface area contributed by atoms with E-state index in [1.165, 1.54) is 0 Å². The predicted molar refractivity (Wildman–Crippen MR) is 124 cm³/mol. The third-order valence-corrected chi connectivity index (χ3v) is 5.58. The smallest absolute Gasteiger partial charge is 0.408 e. The number of halogens is 1. The van der Waals surface area contributed by atoms with Gasteiger partial charge in [-0.3, -0.25) is 4.79 Å². The molecule has 2 N–H and O–H groups in total. The molecule has 0 saturated heterocycles. The van der Waals surface area contributed by atoms with E-state index in [4.69, 9.17) is 4.74 Å². The quantitative estimate of drug-likeness (QED) is 0.338. The van der Waals surface area contributed by atoms with Gasteiger partial charge in [0.2, 0.25) is 0 Å². The summed E-state index contributed by atoms with van der Waals surface area (Å²) in [5.74, 6) is -0.172. The maximum absolute atomic E-state index is 13.2. The van der Waals surface area contributed by atoms with Crippen molar-refractivity contribution in [2.75, 3.05) is 0 Å². The topological polar surface area (TPSA) is 71.2 Å². The molecule has 1 amide bonds. The van der Waals surface area contributed by atoms with Crippen molar-refractivity contribution in [3.63, 3.8) is 0 Å². The molecule has 0 bridgehead atoms. The van der Waals surface area contributed by atoms with Gasteiger partial charge in [-0.15, -0.1) is 0 Å². The number of benzene rings is 3. The number of ketones is 1. The fraction of sp³-hybridized carbons (Fsp3) is 0.120. The molecule has 0 unspecified atom stereocenters. The fourth-order valence-electron chi connectivity index (χ4n) is 3.45. The monoisotopic (exact) mass is 476 g/mol. The Morgan fingerprint density at radius 3 is 2.42 bits per heavy atom. The first-order valence-electron chi connectivity index (χ1n) is 9.92.